The van der Waals surface area contributed by atoms with Crippen molar-refractivity contribution in [1.82, 2.24) is 9.47 Å². The number of benzene rings is 3. The minimum atomic E-state index is -0.0776. The molecule has 1 aromatic heterocycles. The van der Waals surface area contributed by atoms with Gasteiger partial charge in [-0.3, -0.25) is 4.79 Å². The van der Waals surface area contributed by atoms with E-state index in [0.29, 0.717) is 5.56 Å². The Balaban J connectivity index is 1.70. The molecule has 4 nitrogen and oxygen atoms in total. The Morgan fingerprint density at radius 1 is 0.926 bits per heavy atom. The first-order valence-electron chi connectivity index (χ1n) is 9.15. The third kappa shape index (κ3) is 3.44. The van der Waals surface area contributed by atoms with Gasteiger partial charge in [-0.05, 0) is 31.6 Å². The van der Waals surface area contributed by atoms with Crippen molar-refractivity contribution in [3.05, 3.63) is 78.5 Å². The lowest BCUT2D eigenvalue weighted by atomic mass is 10.1. The summed E-state index contributed by atoms with van der Waals surface area (Å²) >= 11 is 0. The molecule has 1 N–H and O–H groups in total. The SMILES string of the molecule is CN(C)CCn1cc(C(=O)Nc2cccc3ccccc23)c2ccccc21. The average Bonchev–Trinajstić information content (AvgIpc) is 3.06. The zero-order valence-corrected chi connectivity index (χ0v) is 15.6. The number of amides is 1. The van der Waals surface area contributed by atoms with Gasteiger partial charge in [0, 0.05) is 41.3 Å². The van der Waals surface area contributed by atoms with Crippen molar-refractivity contribution in [2.45, 2.75) is 6.54 Å². The van der Waals surface area contributed by atoms with Crippen LogP contribution in [0.5, 0.6) is 0 Å². The number of carbonyl (C=O) groups excluding carboxylic acids is 1. The van der Waals surface area contributed by atoms with Gasteiger partial charge in [-0.1, -0.05) is 54.6 Å². The Hall–Kier alpha value is -3.11. The number of fused-ring (bicyclic) bond motifs is 2. The Bertz CT molecular complexity index is 1110. The number of rotatable bonds is 5. The van der Waals surface area contributed by atoms with Crippen molar-refractivity contribution in [3.8, 4) is 0 Å². The van der Waals surface area contributed by atoms with E-state index in [-0.39, 0.29) is 5.91 Å². The van der Waals surface area contributed by atoms with E-state index in [1.807, 2.05) is 54.7 Å². The van der Waals surface area contributed by atoms with Crippen LogP contribution in [0.15, 0.2) is 72.9 Å². The molecule has 1 heterocycles. The molecule has 3 aromatic carbocycles. The molecule has 0 aliphatic carbocycles. The van der Waals surface area contributed by atoms with E-state index >= 15 is 0 Å². The van der Waals surface area contributed by atoms with Crippen LogP contribution in [0, 0.1) is 0 Å². The van der Waals surface area contributed by atoms with Gasteiger partial charge in [-0.2, -0.15) is 0 Å². The van der Waals surface area contributed by atoms with Crippen LogP contribution in [0.4, 0.5) is 5.69 Å². The van der Waals surface area contributed by atoms with Gasteiger partial charge in [0.25, 0.3) is 5.91 Å². The van der Waals surface area contributed by atoms with Crippen molar-refractivity contribution in [1.29, 1.82) is 0 Å². The predicted octanol–water partition coefficient (Wildman–Crippen LogP) is 4.61. The van der Waals surface area contributed by atoms with Crippen molar-refractivity contribution in [2.75, 3.05) is 26.0 Å². The zero-order valence-electron chi connectivity index (χ0n) is 15.6. The highest BCUT2D eigenvalue weighted by molar-refractivity contribution is 6.15. The van der Waals surface area contributed by atoms with E-state index in [1.54, 1.807) is 0 Å². The van der Waals surface area contributed by atoms with Crippen LogP contribution in [0.1, 0.15) is 10.4 Å². The summed E-state index contributed by atoms with van der Waals surface area (Å²) < 4.78 is 2.16. The molecule has 4 heteroatoms. The summed E-state index contributed by atoms with van der Waals surface area (Å²) in [5, 5.41) is 6.25. The number of likely N-dealkylation sites (N-methyl/N-ethyl adjacent to an activating group) is 1. The van der Waals surface area contributed by atoms with Crippen molar-refractivity contribution in [2.24, 2.45) is 0 Å². The molecule has 0 fully saturated rings. The van der Waals surface area contributed by atoms with Crippen molar-refractivity contribution >= 4 is 33.3 Å². The summed E-state index contributed by atoms with van der Waals surface area (Å²) in [6.07, 6.45) is 1.97. The Morgan fingerprint density at radius 2 is 1.63 bits per heavy atom. The zero-order chi connectivity index (χ0) is 18.8. The maximum atomic E-state index is 13.1. The lowest BCUT2D eigenvalue weighted by molar-refractivity contribution is 0.102. The second-order valence-electron chi connectivity index (χ2n) is 7.04. The molecule has 27 heavy (non-hydrogen) atoms. The lowest BCUT2D eigenvalue weighted by Gasteiger charge is -2.11. The van der Waals surface area contributed by atoms with Gasteiger partial charge in [0.15, 0.2) is 0 Å². The fraction of sp³-hybridized carbons (Fsp3) is 0.174. The number of hydrogen-bond acceptors (Lipinski definition) is 2. The molecule has 136 valence electrons. The monoisotopic (exact) mass is 357 g/mol. The fourth-order valence-corrected chi connectivity index (χ4v) is 3.44. The summed E-state index contributed by atoms with van der Waals surface area (Å²) in [7, 11) is 4.11. The highest BCUT2D eigenvalue weighted by Gasteiger charge is 2.16. The number of carbonyl (C=O) groups is 1. The van der Waals surface area contributed by atoms with Crippen molar-refractivity contribution in [3.63, 3.8) is 0 Å². The Morgan fingerprint density at radius 3 is 2.44 bits per heavy atom. The molecule has 0 spiro atoms. The first kappa shape index (κ1) is 17.3. The third-order valence-electron chi connectivity index (χ3n) is 4.86. The van der Waals surface area contributed by atoms with Crippen LogP contribution >= 0.6 is 0 Å². The molecule has 4 rings (SSSR count). The second-order valence-corrected chi connectivity index (χ2v) is 7.04. The first-order chi connectivity index (χ1) is 13.1. The summed E-state index contributed by atoms with van der Waals surface area (Å²) in [5.74, 6) is -0.0776. The number of para-hydroxylation sites is 1. The molecular weight excluding hydrogens is 334 g/mol. The minimum absolute atomic E-state index is 0.0776. The second kappa shape index (κ2) is 7.25. The van der Waals surface area contributed by atoms with Crippen LogP contribution in [0.2, 0.25) is 0 Å². The summed E-state index contributed by atoms with van der Waals surface area (Å²) in [5.41, 5.74) is 2.63. The normalized spacial score (nSPS) is 11.4. The number of hydrogen-bond donors (Lipinski definition) is 1. The van der Waals surface area contributed by atoms with E-state index in [0.717, 1.165) is 40.5 Å². The molecule has 0 atom stereocenters. The summed E-state index contributed by atoms with van der Waals surface area (Å²) in [6, 6.07) is 22.1. The number of aromatic nitrogens is 1. The molecule has 1 amide bonds. The molecule has 0 unspecified atom stereocenters. The molecule has 0 aliphatic rings. The number of anilines is 1. The molecule has 0 aliphatic heterocycles. The van der Waals surface area contributed by atoms with Crippen LogP contribution in [0.25, 0.3) is 21.7 Å². The van der Waals surface area contributed by atoms with Gasteiger partial charge in [0.1, 0.15) is 0 Å². The molecule has 0 saturated heterocycles. The molecular formula is C23H23N3O. The topological polar surface area (TPSA) is 37.3 Å². The van der Waals surface area contributed by atoms with Crippen LogP contribution in [-0.2, 0) is 6.54 Å². The van der Waals surface area contributed by atoms with Gasteiger partial charge in [-0.25, -0.2) is 0 Å². The van der Waals surface area contributed by atoms with E-state index in [1.165, 1.54) is 0 Å². The van der Waals surface area contributed by atoms with Crippen LogP contribution in [0.3, 0.4) is 0 Å². The maximum Gasteiger partial charge on any atom is 0.257 e. The summed E-state index contributed by atoms with van der Waals surface area (Å²) in [6.45, 7) is 1.76. The number of nitrogens with zero attached hydrogens (tertiary/aromatic N) is 2. The van der Waals surface area contributed by atoms with E-state index in [4.69, 9.17) is 0 Å². The highest BCUT2D eigenvalue weighted by atomic mass is 16.1. The quantitative estimate of drug-likeness (QED) is 0.566. The molecule has 0 radical (unpaired) electrons. The maximum absolute atomic E-state index is 13.1. The first-order valence-corrected chi connectivity index (χ1v) is 9.15. The van der Waals surface area contributed by atoms with Gasteiger partial charge in [-0.15, -0.1) is 0 Å². The Kier molecular flexibility index (Phi) is 4.65. The largest absolute Gasteiger partial charge is 0.345 e. The van der Waals surface area contributed by atoms with E-state index < -0.39 is 0 Å². The molecule has 4 aromatic rings. The predicted molar refractivity (Wildman–Crippen MR) is 112 cm³/mol. The van der Waals surface area contributed by atoms with Crippen molar-refractivity contribution < 1.29 is 4.79 Å². The van der Waals surface area contributed by atoms with E-state index in [9.17, 15) is 4.79 Å². The molecule has 0 saturated carbocycles. The lowest BCUT2D eigenvalue weighted by Crippen LogP contribution is -2.18. The smallest absolute Gasteiger partial charge is 0.257 e. The highest BCUT2D eigenvalue weighted by Crippen LogP contribution is 2.26. The van der Waals surface area contributed by atoms with Crippen LogP contribution < -0.4 is 5.32 Å². The number of nitrogens with one attached hydrogen (secondary N) is 1. The van der Waals surface area contributed by atoms with Gasteiger partial charge in [0.05, 0.1) is 5.56 Å². The fourth-order valence-electron chi connectivity index (χ4n) is 3.44. The van der Waals surface area contributed by atoms with Gasteiger partial charge < -0.3 is 14.8 Å². The minimum Gasteiger partial charge on any atom is -0.345 e. The average molecular weight is 357 g/mol. The standard InChI is InChI=1S/C23H23N3O/c1-25(2)14-15-26-16-20(19-11-5-6-13-22(19)26)23(27)24-21-12-7-9-17-8-3-4-10-18(17)21/h3-13,16H,14-15H2,1-2H3,(H,24,27). The summed E-state index contributed by atoms with van der Waals surface area (Å²) in [4.78, 5) is 15.2. The van der Waals surface area contributed by atoms with Gasteiger partial charge in [0.2, 0.25) is 0 Å². The Labute approximate surface area is 159 Å². The van der Waals surface area contributed by atoms with Gasteiger partial charge >= 0.3 is 0 Å². The van der Waals surface area contributed by atoms with Crippen LogP contribution in [-0.4, -0.2) is 36.0 Å². The third-order valence-corrected chi connectivity index (χ3v) is 4.86. The van der Waals surface area contributed by atoms with E-state index in [2.05, 4.69) is 47.1 Å². The molecule has 0 bridgehead atoms.